The lowest BCUT2D eigenvalue weighted by molar-refractivity contribution is -0.137. The van der Waals surface area contributed by atoms with Crippen molar-refractivity contribution in [3.8, 4) is 0 Å². The average Bonchev–Trinajstić information content (AvgIpc) is 3.00. The van der Waals surface area contributed by atoms with Gasteiger partial charge < -0.3 is 21.1 Å². The zero-order valence-corrected chi connectivity index (χ0v) is 17.8. The standard InChI is InChI=1S/C20H24F3N7O2/c1-19(2,3)29-17-25-11-14-15(28-17)30(8-5-9-32-16(24)31)18(27-14)26-13-7-4-6-12(10-13)20(21,22)23/h4,6-7,10-11H,5,8-9H2,1-3H3,(H2,24,31)(H,26,27)(H,25,28,29). The van der Waals surface area contributed by atoms with Crippen LogP contribution in [0.5, 0.6) is 0 Å². The number of nitrogens with one attached hydrogen (secondary N) is 2. The second-order valence-electron chi connectivity index (χ2n) is 8.09. The van der Waals surface area contributed by atoms with Gasteiger partial charge in [0.25, 0.3) is 0 Å². The predicted octanol–water partition coefficient (Wildman–Crippen LogP) is 4.28. The van der Waals surface area contributed by atoms with E-state index < -0.39 is 17.8 Å². The van der Waals surface area contributed by atoms with Crippen LogP contribution in [0, 0.1) is 0 Å². The molecule has 0 aliphatic carbocycles. The van der Waals surface area contributed by atoms with E-state index in [0.717, 1.165) is 12.1 Å². The van der Waals surface area contributed by atoms with Gasteiger partial charge >= 0.3 is 12.3 Å². The minimum absolute atomic E-state index is 0.0657. The van der Waals surface area contributed by atoms with E-state index in [9.17, 15) is 18.0 Å². The Morgan fingerprint density at radius 3 is 2.62 bits per heavy atom. The van der Waals surface area contributed by atoms with Crippen LogP contribution in [0.2, 0.25) is 0 Å². The molecule has 32 heavy (non-hydrogen) atoms. The number of anilines is 3. The number of hydrogen-bond acceptors (Lipinski definition) is 7. The van der Waals surface area contributed by atoms with Crippen LogP contribution in [0.3, 0.4) is 0 Å². The van der Waals surface area contributed by atoms with Crippen LogP contribution < -0.4 is 16.4 Å². The summed E-state index contributed by atoms with van der Waals surface area (Å²) in [6, 6.07) is 4.81. The molecule has 0 aliphatic rings. The van der Waals surface area contributed by atoms with Crippen molar-refractivity contribution in [1.29, 1.82) is 0 Å². The number of nitrogens with zero attached hydrogens (tertiary/aromatic N) is 4. The third-order valence-electron chi connectivity index (χ3n) is 4.19. The highest BCUT2D eigenvalue weighted by atomic mass is 19.4. The van der Waals surface area contributed by atoms with Crippen LogP contribution in [0.15, 0.2) is 30.5 Å². The normalized spacial score (nSPS) is 12.1. The summed E-state index contributed by atoms with van der Waals surface area (Å²) in [5.41, 5.74) is 5.06. The van der Waals surface area contributed by atoms with Gasteiger partial charge in [0, 0.05) is 17.8 Å². The van der Waals surface area contributed by atoms with Gasteiger partial charge in [-0.2, -0.15) is 18.2 Å². The summed E-state index contributed by atoms with van der Waals surface area (Å²) < 4.78 is 45.7. The van der Waals surface area contributed by atoms with Crippen molar-refractivity contribution in [3.63, 3.8) is 0 Å². The molecule has 0 saturated heterocycles. The molecule has 0 aliphatic heterocycles. The number of fused-ring (bicyclic) bond motifs is 1. The molecular formula is C20H24F3N7O2. The number of carbonyl (C=O) groups is 1. The van der Waals surface area contributed by atoms with Crippen LogP contribution in [-0.2, 0) is 17.5 Å². The first-order chi connectivity index (χ1) is 14.9. The van der Waals surface area contributed by atoms with Gasteiger partial charge in [-0.05, 0) is 45.4 Å². The number of hydrogen-bond donors (Lipinski definition) is 3. The Morgan fingerprint density at radius 2 is 1.97 bits per heavy atom. The Morgan fingerprint density at radius 1 is 1.22 bits per heavy atom. The molecule has 0 spiro atoms. The number of alkyl halides is 3. The molecular weight excluding hydrogens is 427 g/mol. The van der Waals surface area contributed by atoms with Gasteiger partial charge in [-0.3, -0.25) is 4.57 Å². The van der Waals surface area contributed by atoms with Crippen molar-refractivity contribution in [2.45, 2.75) is 45.5 Å². The summed E-state index contributed by atoms with van der Waals surface area (Å²) in [6.07, 6.45) is -3.44. The summed E-state index contributed by atoms with van der Waals surface area (Å²) in [7, 11) is 0. The molecule has 3 aromatic rings. The maximum atomic E-state index is 13.1. The van der Waals surface area contributed by atoms with E-state index >= 15 is 0 Å². The van der Waals surface area contributed by atoms with Crippen molar-refractivity contribution < 1.29 is 22.7 Å². The zero-order chi connectivity index (χ0) is 23.5. The van der Waals surface area contributed by atoms with E-state index in [1.807, 2.05) is 20.8 Å². The molecule has 0 saturated carbocycles. The molecule has 4 N–H and O–H groups in total. The number of amides is 1. The molecule has 0 unspecified atom stereocenters. The van der Waals surface area contributed by atoms with Gasteiger partial charge in [-0.1, -0.05) is 6.07 Å². The number of aryl methyl sites for hydroxylation is 1. The van der Waals surface area contributed by atoms with Crippen LogP contribution >= 0.6 is 0 Å². The molecule has 0 bridgehead atoms. The topological polar surface area (TPSA) is 120 Å². The molecule has 12 heteroatoms. The van der Waals surface area contributed by atoms with Crippen LogP contribution in [0.4, 0.5) is 35.5 Å². The molecule has 0 fully saturated rings. The number of halogens is 3. The van der Waals surface area contributed by atoms with Gasteiger partial charge in [0.1, 0.15) is 5.52 Å². The SMILES string of the molecule is CC(C)(C)Nc1ncc2nc(Nc3cccc(C(F)(F)F)c3)n(CCCOC(N)=O)c2n1. The number of rotatable bonds is 7. The number of benzene rings is 1. The average molecular weight is 451 g/mol. The molecule has 2 heterocycles. The number of aromatic nitrogens is 4. The van der Waals surface area contributed by atoms with Gasteiger partial charge in [0.05, 0.1) is 18.4 Å². The molecule has 172 valence electrons. The van der Waals surface area contributed by atoms with Gasteiger partial charge in [-0.15, -0.1) is 0 Å². The Hall–Kier alpha value is -3.57. The summed E-state index contributed by atoms with van der Waals surface area (Å²) in [5.74, 6) is 0.658. The number of ether oxygens (including phenoxy) is 1. The fraction of sp³-hybridized carbons (Fsp3) is 0.400. The second-order valence-corrected chi connectivity index (χ2v) is 8.09. The van der Waals surface area contributed by atoms with Gasteiger partial charge in [-0.25, -0.2) is 14.8 Å². The molecule has 2 aromatic heterocycles. The van der Waals surface area contributed by atoms with Crippen molar-refractivity contribution in [2.24, 2.45) is 5.73 Å². The fourth-order valence-electron chi connectivity index (χ4n) is 2.92. The molecule has 3 rings (SSSR count). The first-order valence-corrected chi connectivity index (χ1v) is 9.80. The minimum Gasteiger partial charge on any atom is -0.450 e. The Kier molecular flexibility index (Phi) is 6.42. The monoisotopic (exact) mass is 451 g/mol. The van der Waals surface area contributed by atoms with Crippen LogP contribution in [-0.4, -0.2) is 37.8 Å². The van der Waals surface area contributed by atoms with E-state index in [0.29, 0.717) is 30.1 Å². The zero-order valence-electron chi connectivity index (χ0n) is 17.8. The van der Waals surface area contributed by atoms with E-state index in [2.05, 4.69) is 25.6 Å². The highest BCUT2D eigenvalue weighted by Gasteiger charge is 2.30. The second kappa shape index (κ2) is 8.89. The summed E-state index contributed by atoms with van der Waals surface area (Å²) >= 11 is 0. The first-order valence-electron chi connectivity index (χ1n) is 9.80. The highest BCUT2D eigenvalue weighted by Crippen LogP contribution is 2.32. The lowest BCUT2D eigenvalue weighted by Crippen LogP contribution is -2.27. The van der Waals surface area contributed by atoms with Gasteiger partial charge in [0.15, 0.2) is 5.65 Å². The minimum atomic E-state index is -4.47. The molecule has 1 aromatic carbocycles. The van der Waals surface area contributed by atoms with E-state index in [1.165, 1.54) is 18.3 Å². The maximum Gasteiger partial charge on any atom is 0.416 e. The maximum absolute atomic E-state index is 13.1. The van der Waals surface area contributed by atoms with Crippen molar-refractivity contribution in [3.05, 3.63) is 36.0 Å². The Bertz CT molecular complexity index is 1110. The summed E-state index contributed by atoms with van der Waals surface area (Å²) in [6.45, 7) is 6.26. The fourth-order valence-corrected chi connectivity index (χ4v) is 2.92. The predicted molar refractivity (Wildman–Crippen MR) is 114 cm³/mol. The van der Waals surface area contributed by atoms with E-state index in [4.69, 9.17) is 10.5 Å². The Labute approximate surface area is 182 Å². The molecule has 1 amide bonds. The first kappa shape index (κ1) is 23.1. The third-order valence-corrected chi connectivity index (χ3v) is 4.19. The quantitative estimate of drug-likeness (QED) is 0.459. The largest absolute Gasteiger partial charge is 0.450 e. The third kappa shape index (κ3) is 5.99. The van der Waals surface area contributed by atoms with E-state index in [-0.39, 0.29) is 23.8 Å². The molecule has 9 nitrogen and oxygen atoms in total. The summed E-state index contributed by atoms with van der Waals surface area (Å²) in [4.78, 5) is 24.0. The van der Waals surface area contributed by atoms with Crippen molar-refractivity contribution in [1.82, 2.24) is 19.5 Å². The smallest absolute Gasteiger partial charge is 0.416 e. The van der Waals surface area contributed by atoms with Crippen LogP contribution in [0.25, 0.3) is 11.2 Å². The van der Waals surface area contributed by atoms with Crippen molar-refractivity contribution in [2.75, 3.05) is 17.2 Å². The number of primary amides is 1. The number of nitrogens with two attached hydrogens (primary N) is 1. The molecule has 0 radical (unpaired) electrons. The number of carbonyl (C=O) groups excluding carboxylic acids is 1. The van der Waals surface area contributed by atoms with Crippen LogP contribution in [0.1, 0.15) is 32.8 Å². The highest BCUT2D eigenvalue weighted by molar-refractivity contribution is 5.76. The number of imidazole rings is 1. The lowest BCUT2D eigenvalue weighted by Gasteiger charge is -2.20. The summed E-state index contributed by atoms with van der Waals surface area (Å²) in [5, 5.41) is 6.09. The Balaban J connectivity index is 1.96. The van der Waals surface area contributed by atoms with Gasteiger partial charge in [0.2, 0.25) is 11.9 Å². The van der Waals surface area contributed by atoms with Crippen molar-refractivity contribution >= 4 is 34.8 Å². The van der Waals surface area contributed by atoms with E-state index in [1.54, 1.807) is 4.57 Å². The lowest BCUT2D eigenvalue weighted by atomic mass is 10.1. The molecule has 0 atom stereocenters.